The highest BCUT2D eigenvalue weighted by atomic mass is 15.1. The third-order valence-corrected chi connectivity index (χ3v) is 13.8. The second kappa shape index (κ2) is 16.5. The zero-order chi connectivity index (χ0) is 45.0. The molecule has 2 nitrogen and oxygen atoms in total. The van der Waals surface area contributed by atoms with Gasteiger partial charge in [0.2, 0.25) is 0 Å². The Balaban J connectivity index is 0.953. The standard InChI is InChI=1S/C66H44N2/c1-3-18-48(19-4-1)65-58-27-9-11-29-60(58)66(61-30-12-10-28-59(61)65)50-21-15-24-54(43-50)67(53-40-35-47(36-41-53)56-31-16-20-46-17-7-8-25-55(46)56)52-38-33-45(34-39-52)49-37-42-64-62(44-49)57-26-13-14-32-63(57)68(64)51-22-5-2-6-23-51/h1-44H. The van der Waals surface area contributed by atoms with E-state index in [9.17, 15) is 0 Å². The van der Waals surface area contributed by atoms with E-state index in [1.54, 1.807) is 0 Å². The van der Waals surface area contributed by atoms with E-state index in [2.05, 4.69) is 276 Å². The summed E-state index contributed by atoms with van der Waals surface area (Å²) < 4.78 is 2.37. The second-order valence-corrected chi connectivity index (χ2v) is 17.6. The van der Waals surface area contributed by atoms with Gasteiger partial charge in [0.05, 0.1) is 11.0 Å². The first kappa shape index (κ1) is 39.4. The zero-order valence-electron chi connectivity index (χ0n) is 37.3. The summed E-state index contributed by atoms with van der Waals surface area (Å²) in [7, 11) is 0. The van der Waals surface area contributed by atoms with Crippen LogP contribution in [-0.4, -0.2) is 4.57 Å². The van der Waals surface area contributed by atoms with Gasteiger partial charge < -0.3 is 9.47 Å². The molecule has 1 aromatic heterocycles. The van der Waals surface area contributed by atoms with Gasteiger partial charge in [-0.15, -0.1) is 0 Å². The van der Waals surface area contributed by atoms with Crippen LogP contribution in [0.3, 0.4) is 0 Å². The van der Waals surface area contributed by atoms with Crippen molar-refractivity contribution < 1.29 is 0 Å². The normalized spacial score (nSPS) is 11.5. The largest absolute Gasteiger partial charge is 0.310 e. The van der Waals surface area contributed by atoms with Crippen molar-refractivity contribution in [2.75, 3.05) is 4.90 Å². The maximum Gasteiger partial charge on any atom is 0.0541 e. The molecule has 0 amide bonds. The van der Waals surface area contributed by atoms with Crippen molar-refractivity contribution in [1.82, 2.24) is 4.57 Å². The predicted octanol–water partition coefficient (Wildman–Crippen LogP) is 18.4. The summed E-state index contributed by atoms with van der Waals surface area (Å²) >= 11 is 0. The molecule has 0 spiro atoms. The fourth-order valence-electron chi connectivity index (χ4n) is 10.7. The molecule has 0 saturated carbocycles. The Morgan fingerprint density at radius 3 is 1.41 bits per heavy atom. The van der Waals surface area contributed by atoms with Crippen molar-refractivity contribution in [2.24, 2.45) is 0 Å². The van der Waals surface area contributed by atoms with E-state index in [-0.39, 0.29) is 0 Å². The van der Waals surface area contributed by atoms with Crippen molar-refractivity contribution in [3.8, 4) is 50.2 Å². The molecule has 13 aromatic rings. The number of aromatic nitrogens is 1. The third-order valence-electron chi connectivity index (χ3n) is 13.8. The Bertz CT molecular complexity index is 3940. The quantitative estimate of drug-likeness (QED) is 0.138. The number of rotatable bonds is 8. The highest BCUT2D eigenvalue weighted by Crippen LogP contribution is 2.46. The van der Waals surface area contributed by atoms with Crippen LogP contribution in [0.15, 0.2) is 267 Å². The molecule has 0 atom stereocenters. The van der Waals surface area contributed by atoms with Gasteiger partial charge in [0, 0.05) is 33.5 Å². The van der Waals surface area contributed by atoms with Crippen LogP contribution in [0.2, 0.25) is 0 Å². The summed E-state index contributed by atoms with van der Waals surface area (Å²) in [6.07, 6.45) is 0. The average molecular weight is 865 g/mol. The lowest BCUT2D eigenvalue weighted by Gasteiger charge is -2.27. The van der Waals surface area contributed by atoms with E-state index < -0.39 is 0 Å². The molecule has 0 aliphatic carbocycles. The highest BCUT2D eigenvalue weighted by molar-refractivity contribution is 6.21. The summed E-state index contributed by atoms with van der Waals surface area (Å²) in [4.78, 5) is 2.40. The third kappa shape index (κ3) is 6.65. The number of hydrogen-bond donors (Lipinski definition) is 0. The van der Waals surface area contributed by atoms with Crippen LogP contribution in [0.1, 0.15) is 0 Å². The molecule has 0 fully saturated rings. The number of hydrogen-bond acceptors (Lipinski definition) is 1. The van der Waals surface area contributed by atoms with Crippen molar-refractivity contribution >= 4 is 71.2 Å². The zero-order valence-corrected chi connectivity index (χ0v) is 37.3. The number of fused-ring (bicyclic) bond motifs is 6. The SMILES string of the molecule is c1ccc(-c2c3ccccc3c(-c3cccc(N(c4ccc(-c5ccc6c(c5)c5ccccc5n6-c5ccccc5)cc4)c4ccc(-c5cccc6ccccc56)cc4)c3)c3ccccc23)cc1. The molecule has 0 N–H and O–H groups in total. The van der Waals surface area contributed by atoms with Crippen LogP contribution in [0.25, 0.3) is 104 Å². The van der Waals surface area contributed by atoms with Gasteiger partial charge in [0.15, 0.2) is 0 Å². The summed E-state index contributed by atoms with van der Waals surface area (Å²) in [5.41, 5.74) is 16.5. The summed E-state index contributed by atoms with van der Waals surface area (Å²) in [6, 6.07) is 97.4. The number of benzene rings is 12. The van der Waals surface area contributed by atoms with Gasteiger partial charge in [0.1, 0.15) is 0 Å². The minimum atomic E-state index is 1.08. The van der Waals surface area contributed by atoms with E-state index in [4.69, 9.17) is 0 Å². The van der Waals surface area contributed by atoms with Crippen LogP contribution in [-0.2, 0) is 0 Å². The fraction of sp³-hybridized carbons (Fsp3) is 0. The smallest absolute Gasteiger partial charge is 0.0541 e. The second-order valence-electron chi connectivity index (χ2n) is 17.6. The Morgan fingerprint density at radius 2 is 0.735 bits per heavy atom. The van der Waals surface area contributed by atoms with E-state index in [0.29, 0.717) is 0 Å². The summed E-state index contributed by atoms with van der Waals surface area (Å²) in [5.74, 6) is 0. The van der Waals surface area contributed by atoms with Crippen molar-refractivity contribution in [2.45, 2.75) is 0 Å². The molecule has 13 rings (SSSR count). The molecule has 318 valence electrons. The average Bonchev–Trinajstić information content (AvgIpc) is 3.75. The highest BCUT2D eigenvalue weighted by Gasteiger charge is 2.20. The molecule has 0 radical (unpaired) electrons. The van der Waals surface area contributed by atoms with Gasteiger partial charge in [-0.05, 0) is 144 Å². The van der Waals surface area contributed by atoms with E-state index in [1.165, 1.54) is 98.6 Å². The summed E-state index contributed by atoms with van der Waals surface area (Å²) in [5, 5.41) is 9.96. The van der Waals surface area contributed by atoms with Crippen molar-refractivity contribution in [3.05, 3.63) is 267 Å². The molecule has 0 bridgehead atoms. The minimum absolute atomic E-state index is 1.08. The van der Waals surface area contributed by atoms with Crippen molar-refractivity contribution in [3.63, 3.8) is 0 Å². The molecule has 12 aromatic carbocycles. The lowest BCUT2D eigenvalue weighted by Crippen LogP contribution is -2.10. The molecule has 68 heavy (non-hydrogen) atoms. The molecule has 0 saturated heterocycles. The lowest BCUT2D eigenvalue weighted by molar-refractivity contribution is 1.18. The van der Waals surface area contributed by atoms with Crippen LogP contribution >= 0.6 is 0 Å². The van der Waals surface area contributed by atoms with Crippen LogP contribution in [0.4, 0.5) is 17.1 Å². The first-order valence-corrected chi connectivity index (χ1v) is 23.4. The van der Waals surface area contributed by atoms with Gasteiger partial charge >= 0.3 is 0 Å². The molecular formula is C66H44N2. The molecule has 0 aliphatic rings. The van der Waals surface area contributed by atoms with Gasteiger partial charge in [-0.2, -0.15) is 0 Å². The van der Waals surface area contributed by atoms with E-state index in [0.717, 1.165) is 22.7 Å². The van der Waals surface area contributed by atoms with E-state index in [1.807, 2.05) is 0 Å². The van der Waals surface area contributed by atoms with Crippen LogP contribution in [0, 0.1) is 0 Å². The van der Waals surface area contributed by atoms with Crippen LogP contribution in [0.5, 0.6) is 0 Å². The Kier molecular flexibility index (Phi) is 9.54. The fourth-order valence-corrected chi connectivity index (χ4v) is 10.7. The Labute approximate surface area is 395 Å². The van der Waals surface area contributed by atoms with Crippen LogP contribution < -0.4 is 4.90 Å². The predicted molar refractivity (Wildman–Crippen MR) is 290 cm³/mol. The monoisotopic (exact) mass is 864 g/mol. The maximum absolute atomic E-state index is 2.40. The van der Waals surface area contributed by atoms with Gasteiger partial charge in [0.25, 0.3) is 0 Å². The van der Waals surface area contributed by atoms with Crippen molar-refractivity contribution in [1.29, 1.82) is 0 Å². The van der Waals surface area contributed by atoms with Gasteiger partial charge in [-0.25, -0.2) is 0 Å². The van der Waals surface area contributed by atoms with Gasteiger partial charge in [-0.1, -0.05) is 200 Å². The minimum Gasteiger partial charge on any atom is -0.310 e. The first-order valence-electron chi connectivity index (χ1n) is 23.4. The summed E-state index contributed by atoms with van der Waals surface area (Å²) in [6.45, 7) is 0. The number of nitrogens with zero attached hydrogens (tertiary/aromatic N) is 2. The topological polar surface area (TPSA) is 8.17 Å². The molecule has 1 heterocycles. The molecular weight excluding hydrogens is 821 g/mol. The molecule has 0 aliphatic heterocycles. The lowest BCUT2D eigenvalue weighted by atomic mass is 9.86. The maximum atomic E-state index is 2.40. The van der Waals surface area contributed by atoms with E-state index >= 15 is 0 Å². The number of anilines is 3. The molecule has 2 heteroatoms. The Morgan fingerprint density at radius 1 is 0.250 bits per heavy atom. The van der Waals surface area contributed by atoms with Gasteiger partial charge in [-0.3, -0.25) is 0 Å². The number of para-hydroxylation sites is 2. The first-order chi connectivity index (χ1) is 33.7. The molecule has 0 unspecified atom stereocenters. The Hall–Kier alpha value is -8.98.